The molecule has 7 heteroatoms. The maximum Gasteiger partial charge on any atom is 0.241 e. The topological polar surface area (TPSA) is 61.8 Å². The van der Waals surface area contributed by atoms with Crippen molar-refractivity contribution in [2.24, 2.45) is 0 Å². The maximum absolute atomic E-state index is 13.1. The van der Waals surface area contributed by atoms with Crippen LogP contribution in [0.1, 0.15) is 17.7 Å². The minimum Gasteiger partial charge on any atom is -0.480 e. The quantitative estimate of drug-likeness (QED) is 0.750. The van der Waals surface area contributed by atoms with Gasteiger partial charge in [0.25, 0.3) is 0 Å². The highest BCUT2D eigenvalue weighted by Gasteiger charge is 2.37. The highest BCUT2D eigenvalue weighted by Crippen LogP contribution is 2.23. The lowest BCUT2D eigenvalue weighted by molar-refractivity contribution is -0.139. The molecule has 5 heterocycles. The third kappa shape index (κ3) is 2.79. The number of ether oxygens (including phenoxy) is 1. The summed E-state index contributed by atoms with van der Waals surface area (Å²) in [5.41, 5.74) is 2.05. The van der Waals surface area contributed by atoms with Crippen molar-refractivity contribution in [3.05, 3.63) is 17.3 Å². The van der Waals surface area contributed by atoms with Crippen LogP contribution in [-0.2, 0) is 17.8 Å². The molecule has 0 aromatic carbocycles. The van der Waals surface area contributed by atoms with Crippen molar-refractivity contribution in [2.75, 3.05) is 46.4 Å². The molecule has 5 rings (SSSR count). The number of aromatic nitrogens is 2. The van der Waals surface area contributed by atoms with Crippen LogP contribution in [0.3, 0.4) is 0 Å². The van der Waals surface area contributed by atoms with Gasteiger partial charge in [-0.3, -0.25) is 14.6 Å². The number of nitrogens with zero attached hydrogens (tertiary/aromatic N) is 5. The fraction of sp³-hybridized carbons (Fsp3) is 0.688. The van der Waals surface area contributed by atoms with Crippen LogP contribution in [0.4, 0.5) is 0 Å². The molecule has 23 heavy (non-hydrogen) atoms. The molecule has 0 saturated carbocycles. The summed E-state index contributed by atoms with van der Waals surface area (Å²) in [6, 6.07) is 1.93. The number of amides is 1. The van der Waals surface area contributed by atoms with E-state index in [1.54, 1.807) is 7.11 Å². The monoisotopic (exact) mass is 317 g/mol. The molecule has 3 unspecified atom stereocenters. The second-order valence-electron chi connectivity index (χ2n) is 6.57. The standard InChI is InChI=1S/C16H23N5O2/c1-23-15-9-12-10-21(6-3-13(12)17-18-15)16(22)14-11-19-4-2-5-20(14)8-7-19/h9,14H,2-8,10-11H2,1H3. The van der Waals surface area contributed by atoms with E-state index in [4.69, 9.17) is 4.74 Å². The third-order valence-corrected chi connectivity index (χ3v) is 5.22. The van der Waals surface area contributed by atoms with Gasteiger partial charge in [0.2, 0.25) is 11.8 Å². The Kier molecular flexibility index (Phi) is 3.90. The fourth-order valence-corrected chi connectivity index (χ4v) is 3.89. The average molecular weight is 317 g/mol. The Morgan fingerprint density at radius 3 is 3.00 bits per heavy atom. The second-order valence-corrected chi connectivity index (χ2v) is 6.57. The zero-order valence-corrected chi connectivity index (χ0v) is 13.6. The second kappa shape index (κ2) is 6.05. The number of rotatable bonds is 2. The van der Waals surface area contributed by atoms with E-state index < -0.39 is 0 Å². The van der Waals surface area contributed by atoms with Gasteiger partial charge in [-0.2, -0.15) is 5.10 Å². The number of methoxy groups -OCH3 is 1. The Hall–Kier alpha value is -1.73. The van der Waals surface area contributed by atoms with Gasteiger partial charge in [0.1, 0.15) is 6.04 Å². The van der Waals surface area contributed by atoms with Gasteiger partial charge >= 0.3 is 0 Å². The lowest BCUT2D eigenvalue weighted by atomic mass is 10.0. The smallest absolute Gasteiger partial charge is 0.241 e. The number of carbonyl (C=O) groups excluding carboxylic acids is 1. The number of hydrogen-bond acceptors (Lipinski definition) is 6. The van der Waals surface area contributed by atoms with Crippen molar-refractivity contribution in [3.63, 3.8) is 0 Å². The molecule has 1 aromatic heterocycles. The van der Waals surface area contributed by atoms with Crippen molar-refractivity contribution in [1.29, 1.82) is 0 Å². The molecule has 4 aliphatic heterocycles. The minimum atomic E-state index is 0.0180. The molecule has 2 bridgehead atoms. The lowest BCUT2D eigenvalue weighted by Crippen LogP contribution is -2.58. The molecule has 3 fully saturated rings. The van der Waals surface area contributed by atoms with Crippen LogP contribution in [0.25, 0.3) is 0 Å². The molecule has 1 amide bonds. The van der Waals surface area contributed by atoms with Gasteiger partial charge < -0.3 is 9.64 Å². The summed E-state index contributed by atoms with van der Waals surface area (Å²) in [5, 5.41) is 8.24. The van der Waals surface area contributed by atoms with E-state index >= 15 is 0 Å². The van der Waals surface area contributed by atoms with Gasteiger partial charge in [0, 0.05) is 57.3 Å². The molecule has 3 saturated heterocycles. The summed E-state index contributed by atoms with van der Waals surface area (Å²) in [6.07, 6.45) is 1.94. The molecule has 1 aromatic rings. The summed E-state index contributed by atoms with van der Waals surface area (Å²) in [5.74, 6) is 0.777. The predicted octanol–water partition coefficient (Wildman–Crippen LogP) is -0.240. The van der Waals surface area contributed by atoms with E-state index in [-0.39, 0.29) is 11.9 Å². The van der Waals surface area contributed by atoms with Crippen LogP contribution in [0.2, 0.25) is 0 Å². The lowest BCUT2D eigenvalue weighted by Gasteiger charge is -2.40. The maximum atomic E-state index is 13.1. The molecule has 7 nitrogen and oxygen atoms in total. The molecule has 4 aliphatic rings. The van der Waals surface area contributed by atoms with Gasteiger partial charge in [-0.15, -0.1) is 5.10 Å². The SMILES string of the molecule is COc1cc2c(nn1)CCN(C(=O)C1CN3CCCN1CC3)C2. The summed E-state index contributed by atoms with van der Waals surface area (Å²) < 4.78 is 5.16. The van der Waals surface area contributed by atoms with E-state index in [0.29, 0.717) is 12.4 Å². The zero-order valence-electron chi connectivity index (χ0n) is 13.6. The highest BCUT2D eigenvalue weighted by atomic mass is 16.5. The van der Waals surface area contributed by atoms with Gasteiger partial charge in [-0.1, -0.05) is 0 Å². The Bertz CT molecular complexity index is 604. The Morgan fingerprint density at radius 2 is 2.13 bits per heavy atom. The van der Waals surface area contributed by atoms with Crippen molar-refractivity contribution < 1.29 is 9.53 Å². The van der Waals surface area contributed by atoms with Gasteiger partial charge in [-0.25, -0.2) is 0 Å². The van der Waals surface area contributed by atoms with Crippen molar-refractivity contribution in [3.8, 4) is 5.88 Å². The summed E-state index contributed by atoms with van der Waals surface area (Å²) >= 11 is 0. The Balaban J connectivity index is 1.51. The Morgan fingerprint density at radius 1 is 1.22 bits per heavy atom. The van der Waals surface area contributed by atoms with E-state index in [1.807, 2.05) is 11.0 Å². The molecular weight excluding hydrogens is 294 g/mol. The van der Waals surface area contributed by atoms with Crippen LogP contribution >= 0.6 is 0 Å². The van der Waals surface area contributed by atoms with Crippen molar-refractivity contribution in [2.45, 2.75) is 25.4 Å². The molecule has 0 spiro atoms. The van der Waals surface area contributed by atoms with E-state index in [1.165, 1.54) is 6.42 Å². The van der Waals surface area contributed by atoms with E-state index in [0.717, 1.165) is 56.9 Å². The number of fused-ring (bicyclic) bond motifs is 5. The molecule has 3 atom stereocenters. The van der Waals surface area contributed by atoms with Crippen LogP contribution in [0, 0.1) is 0 Å². The van der Waals surface area contributed by atoms with E-state index in [2.05, 4.69) is 20.0 Å². The van der Waals surface area contributed by atoms with Crippen molar-refractivity contribution >= 4 is 5.91 Å². The first-order valence-electron chi connectivity index (χ1n) is 8.39. The summed E-state index contributed by atoms with van der Waals surface area (Å²) in [4.78, 5) is 19.8. The Labute approximate surface area is 136 Å². The molecule has 0 N–H and O–H groups in total. The van der Waals surface area contributed by atoms with Gasteiger partial charge in [0.15, 0.2) is 0 Å². The fourth-order valence-electron chi connectivity index (χ4n) is 3.89. The molecular formula is C16H23N5O2. The average Bonchev–Trinajstić information content (AvgIpc) is 2.95. The number of hydrogen-bond donors (Lipinski definition) is 0. The molecule has 0 radical (unpaired) electrons. The zero-order chi connectivity index (χ0) is 15.8. The first-order valence-corrected chi connectivity index (χ1v) is 8.39. The summed E-state index contributed by atoms with van der Waals surface area (Å²) in [7, 11) is 1.59. The van der Waals surface area contributed by atoms with E-state index in [9.17, 15) is 4.79 Å². The molecule has 124 valence electrons. The first-order chi connectivity index (χ1) is 11.2. The van der Waals surface area contributed by atoms with Crippen LogP contribution in [0.15, 0.2) is 6.07 Å². The van der Waals surface area contributed by atoms with Crippen molar-refractivity contribution in [1.82, 2.24) is 24.9 Å². The van der Waals surface area contributed by atoms with Gasteiger partial charge in [-0.05, 0) is 13.0 Å². The summed E-state index contributed by atoms with van der Waals surface area (Å²) in [6.45, 7) is 6.49. The predicted molar refractivity (Wildman–Crippen MR) is 84.1 cm³/mol. The largest absolute Gasteiger partial charge is 0.480 e. The first kappa shape index (κ1) is 14.8. The minimum absolute atomic E-state index is 0.0180. The van der Waals surface area contributed by atoms with Crippen LogP contribution in [0.5, 0.6) is 5.88 Å². The van der Waals surface area contributed by atoms with Crippen LogP contribution < -0.4 is 4.74 Å². The molecule has 0 aliphatic carbocycles. The van der Waals surface area contributed by atoms with Gasteiger partial charge in [0.05, 0.1) is 12.8 Å². The number of piperazine rings is 1. The number of carbonyl (C=O) groups is 1. The third-order valence-electron chi connectivity index (χ3n) is 5.22. The highest BCUT2D eigenvalue weighted by molar-refractivity contribution is 5.82. The van der Waals surface area contributed by atoms with Crippen LogP contribution in [-0.4, -0.2) is 83.2 Å². The normalized spacial score (nSPS) is 29.8.